The van der Waals surface area contributed by atoms with Crippen molar-refractivity contribution in [3.05, 3.63) is 29.5 Å². The average Bonchev–Trinajstić information content (AvgIpc) is 2.62. The van der Waals surface area contributed by atoms with Crippen molar-refractivity contribution in [3.8, 4) is 6.07 Å². The number of hydrogen-bond acceptors (Lipinski definition) is 2. The predicted octanol–water partition coefficient (Wildman–Crippen LogP) is 2.78. The maximum absolute atomic E-state index is 8.81. The topological polar surface area (TPSA) is 41.6 Å². The van der Waals surface area contributed by atoms with Crippen LogP contribution >= 0.6 is 0 Å². The fourth-order valence-electron chi connectivity index (χ4n) is 1.42. The number of nitriles is 1. The Hall–Kier alpha value is -1.82. The average molecular weight is 201 g/mol. The molecule has 0 saturated heterocycles. The van der Waals surface area contributed by atoms with Crippen molar-refractivity contribution in [3.63, 3.8) is 0 Å². The molecule has 0 aliphatic rings. The molecule has 1 aromatic heterocycles. The van der Waals surface area contributed by atoms with E-state index in [0.717, 1.165) is 22.0 Å². The fraction of sp³-hybridized carbons (Fsp3) is 0.333. The van der Waals surface area contributed by atoms with E-state index in [2.05, 4.69) is 11.2 Å². The van der Waals surface area contributed by atoms with Gasteiger partial charge in [0.15, 0.2) is 0 Å². The molecule has 0 bridgehead atoms. The Bertz CT molecular complexity index is 503. The van der Waals surface area contributed by atoms with Gasteiger partial charge in [0.25, 0.3) is 0 Å². The van der Waals surface area contributed by atoms with Crippen molar-refractivity contribution in [1.82, 2.24) is 9.78 Å². The van der Waals surface area contributed by atoms with E-state index in [0.29, 0.717) is 0 Å². The first-order valence-corrected chi connectivity index (χ1v) is 5.05. The first-order valence-electron chi connectivity index (χ1n) is 5.05. The van der Waals surface area contributed by atoms with Crippen LogP contribution < -0.4 is 0 Å². The quantitative estimate of drug-likeness (QED) is 0.657. The molecule has 0 spiro atoms. The maximum Gasteiger partial charge on any atom is 0.0994 e. The molecule has 0 N–H and O–H groups in total. The molecule has 0 aliphatic carbocycles. The Kier molecular flexibility index (Phi) is 3.46. The molecule has 0 atom stereocenters. The summed E-state index contributed by atoms with van der Waals surface area (Å²) in [5.41, 5.74) is 2.79. The van der Waals surface area contributed by atoms with E-state index in [1.54, 1.807) is 6.20 Å². The van der Waals surface area contributed by atoms with Crippen LogP contribution in [0.15, 0.2) is 18.3 Å². The van der Waals surface area contributed by atoms with Crippen LogP contribution in [-0.2, 0) is 7.05 Å². The van der Waals surface area contributed by atoms with Crippen molar-refractivity contribution >= 4 is 10.9 Å². The summed E-state index contributed by atoms with van der Waals surface area (Å²) in [6.45, 7) is 5.94. The molecule has 0 amide bonds. The van der Waals surface area contributed by atoms with E-state index in [1.165, 1.54) is 0 Å². The first-order chi connectivity index (χ1) is 7.22. The zero-order valence-electron chi connectivity index (χ0n) is 9.57. The highest BCUT2D eigenvalue weighted by molar-refractivity contribution is 5.81. The molecule has 0 aliphatic heterocycles. The zero-order valence-corrected chi connectivity index (χ0v) is 9.57. The number of aryl methyl sites for hydroxylation is 2. The van der Waals surface area contributed by atoms with Gasteiger partial charge in [-0.1, -0.05) is 13.8 Å². The highest BCUT2D eigenvalue weighted by atomic mass is 15.2. The van der Waals surface area contributed by atoms with Gasteiger partial charge in [0.05, 0.1) is 23.3 Å². The van der Waals surface area contributed by atoms with Crippen LogP contribution in [0.4, 0.5) is 0 Å². The third-order valence-electron chi connectivity index (χ3n) is 2.21. The lowest BCUT2D eigenvalue weighted by Crippen LogP contribution is -1.90. The minimum absolute atomic E-state index is 0.723. The van der Waals surface area contributed by atoms with E-state index in [4.69, 9.17) is 5.26 Å². The Morgan fingerprint density at radius 2 is 2.00 bits per heavy atom. The fourth-order valence-corrected chi connectivity index (χ4v) is 1.42. The third kappa shape index (κ3) is 1.99. The second kappa shape index (κ2) is 4.61. The van der Waals surface area contributed by atoms with Crippen LogP contribution in [-0.4, -0.2) is 9.78 Å². The van der Waals surface area contributed by atoms with Crippen LogP contribution in [0, 0.1) is 18.3 Å². The van der Waals surface area contributed by atoms with Gasteiger partial charge in [-0.25, -0.2) is 0 Å². The lowest BCUT2D eigenvalue weighted by atomic mass is 10.1. The summed E-state index contributed by atoms with van der Waals surface area (Å²) in [7, 11) is 1.90. The van der Waals surface area contributed by atoms with Crippen LogP contribution in [0.1, 0.15) is 25.0 Å². The van der Waals surface area contributed by atoms with E-state index in [9.17, 15) is 0 Å². The normalized spacial score (nSPS) is 9.27. The van der Waals surface area contributed by atoms with Crippen LogP contribution in [0.5, 0.6) is 0 Å². The van der Waals surface area contributed by atoms with Gasteiger partial charge in [-0.3, -0.25) is 4.68 Å². The van der Waals surface area contributed by atoms with Crippen LogP contribution in [0.25, 0.3) is 10.9 Å². The number of nitrogens with zero attached hydrogens (tertiary/aromatic N) is 3. The van der Waals surface area contributed by atoms with E-state index < -0.39 is 0 Å². The van der Waals surface area contributed by atoms with Gasteiger partial charge in [-0.15, -0.1) is 0 Å². The SMILES string of the molecule is CC.Cc1cc2c(cnn2C)cc1C#N. The highest BCUT2D eigenvalue weighted by Crippen LogP contribution is 2.17. The summed E-state index contributed by atoms with van der Waals surface area (Å²) in [5, 5.41) is 13.9. The summed E-state index contributed by atoms with van der Waals surface area (Å²) in [5.74, 6) is 0. The van der Waals surface area contributed by atoms with Crippen molar-refractivity contribution in [2.24, 2.45) is 7.05 Å². The molecular formula is C12H15N3. The lowest BCUT2D eigenvalue weighted by molar-refractivity contribution is 0.796. The van der Waals surface area contributed by atoms with Crippen LogP contribution in [0.3, 0.4) is 0 Å². The standard InChI is InChI=1S/C10H9N3.C2H6/c1-7-3-10-9(4-8(7)5-11)6-12-13(10)2;1-2/h3-4,6H,1-2H3;1-2H3. The van der Waals surface area contributed by atoms with Gasteiger partial charge in [0.2, 0.25) is 0 Å². The molecule has 0 unspecified atom stereocenters. The van der Waals surface area contributed by atoms with Gasteiger partial charge in [-0.05, 0) is 24.6 Å². The van der Waals surface area contributed by atoms with Gasteiger partial charge < -0.3 is 0 Å². The largest absolute Gasteiger partial charge is 0.268 e. The minimum Gasteiger partial charge on any atom is -0.268 e. The third-order valence-corrected chi connectivity index (χ3v) is 2.21. The second-order valence-electron chi connectivity index (χ2n) is 3.11. The van der Waals surface area contributed by atoms with Gasteiger partial charge >= 0.3 is 0 Å². The first kappa shape index (κ1) is 11.3. The molecule has 2 aromatic rings. The maximum atomic E-state index is 8.81. The smallest absolute Gasteiger partial charge is 0.0994 e. The second-order valence-corrected chi connectivity index (χ2v) is 3.11. The van der Waals surface area contributed by atoms with Gasteiger partial charge in [0.1, 0.15) is 0 Å². The van der Waals surface area contributed by atoms with E-state index >= 15 is 0 Å². The summed E-state index contributed by atoms with van der Waals surface area (Å²) in [6, 6.07) is 6.02. The molecule has 3 heteroatoms. The Balaban J connectivity index is 0.000000531. The van der Waals surface area contributed by atoms with Crippen molar-refractivity contribution < 1.29 is 0 Å². The summed E-state index contributed by atoms with van der Waals surface area (Å²) < 4.78 is 1.81. The Morgan fingerprint density at radius 3 is 2.60 bits per heavy atom. The van der Waals surface area contributed by atoms with E-state index in [-0.39, 0.29) is 0 Å². The van der Waals surface area contributed by atoms with Crippen LogP contribution in [0.2, 0.25) is 0 Å². The molecule has 1 heterocycles. The Morgan fingerprint density at radius 1 is 1.33 bits per heavy atom. The molecule has 0 radical (unpaired) electrons. The summed E-state index contributed by atoms with van der Waals surface area (Å²) >= 11 is 0. The van der Waals surface area contributed by atoms with E-state index in [1.807, 2.05) is 44.6 Å². The lowest BCUT2D eigenvalue weighted by Gasteiger charge is -1.98. The molecule has 15 heavy (non-hydrogen) atoms. The molecule has 78 valence electrons. The number of rotatable bonds is 0. The predicted molar refractivity (Wildman–Crippen MR) is 61.5 cm³/mol. The summed E-state index contributed by atoms with van der Waals surface area (Å²) in [4.78, 5) is 0. The number of benzene rings is 1. The molecule has 0 fully saturated rings. The van der Waals surface area contributed by atoms with Crippen molar-refractivity contribution in [2.45, 2.75) is 20.8 Å². The van der Waals surface area contributed by atoms with Crippen molar-refractivity contribution in [1.29, 1.82) is 5.26 Å². The monoisotopic (exact) mass is 201 g/mol. The molecular weight excluding hydrogens is 186 g/mol. The number of aromatic nitrogens is 2. The Labute approximate surface area is 89.9 Å². The number of hydrogen-bond donors (Lipinski definition) is 0. The molecule has 1 aromatic carbocycles. The molecule has 3 nitrogen and oxygen atoms in total. The zero-order chi connectivity index (χ0) is 11.4. The molecule has 2 rings (SSSR count). The highest BCUT2D eigenvalue weighted by Gasteiger charge is 2.03. The summed E-state index contributed by atoms with van der Waals surface area (Å²) in [6.07, 6.45) is 1.77. The van der Waals surface area contributed by atoms with Gasteiger partial charge in [-0.2, -0.15) is 10.4 Å². The van der Waals surface area contributed by atoms with Crippen molar-refractivity contribution in [2.75, 3.05) is 0 Å². The molecule has 0 saturated carbocycles. The number of fused-ring (bicyclic) bond motifs is 1. The minimum atomic E-state index is 0.723. The van der Waals surface area contributed by atoms with Gasteiger partial charge in [0, 0.05) is 12.4 Å².